The summed E-state index contributed by atoms with van der Waals surface area (Å²) in [6.45, 7) is 9.40. The predicted molar refractivity (Wildman–Crippen MR) is 172 cm³/mol. The highest BCUT2D eigenvalue weighted by Crippen LogP contribution is 2.36. The van der Waals surface area contributed by atoms with E-state index in [2.05, 4.69) is 77.7 Å². The summed E-state index contributed by atoms with van der Waals surface area (Å²) in [5.41, 5.74) is 4.39. The van der Waals surface area contributed by atoms with Crippen LogP contribution in [-0.4, -0.2) is 103 Å². The van der Waals surface area contributed by atoms with Gasteiger partial charge in [-0.3, -0.25) is 9.80 Å². The first-order valence-corrected chi connectivity index (χ1v) is 15.7. The quantitative estimate of drug-likeness (QED) is 0.383. The van der Waals surface area contributed by atoms with E-state index >= 15 is 0 Å². The number of aliphatic hydroxyl groups is 1. The van der Waals surface area contributed by atoms with Crippen molar-refractivity contribution in [3.63, 3.8) is 0 Å². The van der Waals surface area contributed by atoms with Gasteiger partial charge in [0.15, 0.2) is 6.23 Å². The third kappa shape index (κ3) is 6.33. The summed E-state index contributed by atoms with van der Waals surface area (Å²) >= 11 is 0. The first-order valence-electron chi connectivity index (χ1n) is 15.7. The minimum atomic E-state index is -1.44. The molecule has 4 atom stereocenters. The number of rotatable bonds is 9. The fourth-order valence-electron chi connectivity index (χ4n) is 7.11. The van der Waals surface area contributed by atoms with Crippen LogP contribution in [0.2, 0.25) is 0 Å². The molecule has 3 aromatic rings. The summed E-state index contributed by atoms with van der Waals surface area (Å²) in [4.78, 5) is 18.3. The number of aryl methyl sites for hydroxylation is 1. The highest BCUT2D eigenvalue weighted by atomic mass is 19.1. The highest BCUT2D eigenvalue weighted by Gasteiger charge is 2.36. The van der Waals surface area contributed by atoms with E-state index in [-0.39, 0.29) is 18.6 Å². The number of piperazine rings is 1. The molecule has 3 aliphatic rings. The molecule has 0 saturated carbocycles. The third-order valence-corrected chi connectivity index (χ3v) is 9.59. The van der Waals surface area contributed by atoms with Gasteiger partial charge in [0, 0.05) is 68.6 Å². The number of benzene rings is 2. The molecule has 0 aliphatic carbocycles. The van der Waals surface area contributed by atoms with Crippen molar-refractivity contribution in [2.45, 2.75) is 57.1 Å². The Labute approximate surface area is 264 Å². The second kappa shape index (κ2) is 13.3. The Morgan fingerprint density at radius 3 is 2.67 bits per heavy atom. The van der Waals surface area contributed by atoms with Crippen LogP contribution in [-0.2, 0) is 17.7 Å². The number of aromatic nitrogens is 2. The summed E-state index contributed by atoms with van der Waals surface area (Å²) in [5.74, 6) is -0.0349. The van der Waals surface area contributed by atoms with E-state index in [4.69, 9.17) is 19.4 Å². The molecule has 0 radical (unpaired) electrons. The first kappa shape index (κ1) is 31.2. The number of fused-ring (bicyclic) bond motifs is 2. The summed E-state index contributed by atoms with van der Waals surface area (Å²) in [7, 11) is 3.82. The van der Waals surface area contributed by atoms with Crippen LogP contribution in [0.4, 0.5) is 15.9 Å². The number of nitrogens with zero attached hydrogens (tertiary/aromatic N) is 7. The molecule has 1 aromatic heterocycles. The zero-order valence-corrected chi connectivity index (χ0v) is 26.3. The minimum Gasteiger partial charge on any atom is -0.462 e. The number of anilines is 2. The van der Waals surface area contributed by atoms with E-state index < -0.39 is 18.1 Å². The summed E-state index contributed by atoms with van der Waals surface area (Å²) in [5, 5.41) is 22.5. The molecule has 0 spiro atoms. The maximum Gasteiger partial charge on any atom is 0.318 e. The molecular weight excluding hydrogens is 573 g/mol. The Morgan fingerprint density at radius 1 is 1.13 bits per heavy atom. The highest BCUT2D eigenvalue weighted by molar-refractivity contribution is 5.97. The fourth-order valence-corrected chi connectivity index (χ4v) is 7.11. The summed E-state index contributed by atoms with van der Waals surface area (Å²) < 4.78 is 25.8. The molecule has 1 N–H and O–H groups in total. The maximum atomic E-state index is 13.9. The lowest BCUT2D eigenvalue weighted by Gasteiger charge is -2.43. The topological polar surface area (TPSA) is 101 Å². The SMILES string of the molecule is C=C(F)C(O)N1CCN(c2nc(OC[C@H]3C[C@@H](OC)CN3C)nc3c2CCN(c2cccc4cccc(C)c24)C3)C[C@@H]1CC#N. The molecule has 1 unspecified atom stereocenters. The average molecular weight is 616 g/mol. The van der Waals surface area contributed by atoms with Gasteiger partial charge < -0.3 is 24.4 Å². The van der Waals surface area contributed by atoms with Crippen LogP contribution in [0.5, 0.6) is 6.01 Å². The van der Waals surface area contributed by atoms with Gasteiger partial charge in [-0.05, 0) is 43.8 Å². The Hall–Kier alpha value is -3.82. The molecule has 2 fully saturated rings. The molecule has 45 heavy (non-hydrogen) atoms. The second-order valence-electron chi connectivity index (χ2n) is 12.4. The number of hydrogen-bond donors (Lipinski definition) is 1. The van der Waals surface area contributed by atoms with Gasteiger partial charge in [0.25, 0.3) is 0 Å². The molecule has 11 heteroatoms. The smallest absolute Gasteiger partial charge is 0.318 e. The zero-order chi connectivity index (χ0) is 31.7. The van der Waals surface area contributed by atoms with Crippen molar-refractivity contribution in [3.05, 3.63) is 65.6 Å². The molecule has 6 rings (SSSR count). The predicted octanol–water partition coefficient (Wildman–Crippen LogP) is 3.80. The van der Waals surface area contributed by atoms with E-state index in [1.165, 1.54) is 22.0 Å². The maximum absolute atomic E-state index is 13.9. The van der Waals surface area contributed by atoms with Crippen LogP contribution in [0.3, 0.4) is 0 Å². The van der Waals surface area contributed by atoms with Crippen LogP contribution in [0.1, 0.15) is 29.7 Å². The molecule has 10 nitrogen and oxygen atoms in total. The van der Waals surface area contributed by atoms with Crippen LogP contribution < -0.4 is 14.5 Å². The van der Waals surface area contributed by atoms with Crippen molar-refractivity contribution in [1.29, 1.82) is 5.26 Å². The normalized spacial score (nSPS) is 23.2. The average Bonchev–Trinajstić information content (AvgIpc) is 3.42. The van der Waals surface area contributed by atoms with Crippen molar-refractivity contribution in [2.75, 3.05) is 63.3 Å². The van der Waals surface area contributed by atoms with Gasteiger partial charge in [-0.2, -0.15) is 15.2 Å². The van der Waals surface area contributed by atoms with Crippen LogP contribution >= 0.6 is 0 Å². The fraction of sp³-hybridized carbons (Fsp3) is 0.500. The molecule has 0 amide bonds. The van der Waals surface area contributed by atoms with Crippen LogP contribution in [0.15, 0.2) is 48.8 Å². The van der Waals surface area contributed by atoms with E-state index in [9.17, 15) is 14.8 Å². The van der Waals surface area contributed by atoms with Gasteiger partial charge in [0.2, 0.25) is 0 Å². The number of nitriles is 1. The number of likely N-dealkylation sites (tertiary alicyclic amines) is 1. The Morgan fingerprint density at radius 2 is 1.93 bits per heavy atom. The van der Waals surface area contributed by atoms with Gasteiger partial charge in [-0.1, -0.05) is 36.9 Å². The second-order valence-corrected chi connectivity index (χ2v) is 12.4. The number of methoxy groups -OCH3 is 1. The van der Waals surface area contributed by atoms with Crippen molar-refractivity contribution in [2.24, 2.45) is 0 Å². The van der Waals surface area contributed by atoms with E-state index in [1.54, 1.807) is 12.0 Å². The number of hydrogen-bond acceptors (Lipinski definition) is 10. The third-order valence-electron chi connectivity index (χ3n) is 9.59. The Bertz CT molecular complexity index is 1590. The first-order chi connectivity index (χ1) is 21.8. The number of likely N-dealkylation sites (N-methyl/N-ethyl adjacent to an activating group) is 1. The lowest BCUT2D eigenvalue weighted by Crippen LogP contribution is -2.57. The molecule has 2 saturated heterocycles. The van der Waals surface area contributed by atoms with Gasteiger partial charge in [0.05, 0.1) is 30.8 Å². The molecule has 238 valence electrons. The van der Waals surface area contributed by atoms with Crippen molar-refractivity contribution >= 4 is 22.3 Å². The standard InChI is InChI=1S/C34H42FN7O3/c1-22-7-5-8-24-9-6-10-30(31(22)24)40-14-12-28-29(20-40)37-34(45-21-26-17-27(44-4)19-39(26)3)38-32(28)41-15-16-42(33(43)23(2)35)25(18-41)11-13-36/h5-10,25-27,33,43H,2,11-12,14-21H2,1,3-4H3/t25-,26+,27+,33?/m0/s1. The van der Waals surface area contributed by atoms with Gasteiger partial charge in [-0.15, -0.1) is 0 Å². The minimum absolute atomic E-state index is 0.139. The Kier molecular flexibility index (Phi) is 9.19. The van der Waals surface area contributed by atoms with Crippen LogP contribution in [0, 0.1) is 18.3 Å². The summed E-state index contributed by atoms with van der Waals surface area (Å²) in [6, 6.07) is 15.1. The van der Waals surface area contributed by atoms with Crippen molar-refractivity contribution in [1.82, 2.24) is 19.8 Å². The van der Waals surface area contributed by atoms with Gasteiger partial charge in [0.1, 0.15) is 18.3 Å². The largest absolute Gasteiger partial charge is 0.462 e. The lowest BCUT2D eigenvalue weighted by molar-refractivity contribution is -0.0167. The molecule has 4 heterocycles. The molecule has 0 bridgehead atoms. The number of ether oxygens (including phenoxy) is 2. The monoisotopic (exact) mass is 615 g/mol. The number of aliphatic hydroxyl groups excluding tert-OH is 1. The van der Waals surface area contributed by atoms with E-state index in [0.717, 1.165) is 43.0 Å². The summed E-state index contributed by atoms with van der Waals surface area (Å²) in [6.07, 6.45) is 0.478. The molecular formula is C34H42FN7O3. The van der Waals surface area contributed by atoms with E-state index in [1.807, 2.05) is 0 Å². The van der Waals surface area contributed by atoms with Crippen molar-refractivity contribution in [3.8, 4) is 12.1 Å². The lowest BCUT2D eigenvalue weighted by atomic mass is 9.99. The number of halogens is 1. The van der Waals surface area contributed by atoms with Gasteiger partial charge in [-0.25, -0.2) is 4.39 Å². The van der Waals surface area contributed by atoms with Crippen LogP contribution in [0.25, 0.3) is 10.8 Å². The molecule has 2 aromatic carbocycles. The Balaban J connectivity index is 1.33. The van der Waals surface area contributed by atoms with Gasteiger partial charge >= 0.3 is 6.01 Å². The van der Waals surface area contributed by atoms with E-state index in [0.29, 0.717) is 38.8 Å². The van der Waals surface area contributed by atoms with Crippen molar-refractivity contribution < 1.29 is 19.0 Å². The zero-order valence-electron chi connectivity index (χ0n) is 26.3. The molecule has 3 aliphatic heterocycles.